The van der Waals surface area contributed by atoms with E-state index in [-0.39, 0.29) is 36.7 Å². The molecule has 3 fully saturated rings. The summed E-state index contributed by atoms with van der Waals surface area (Å²) >= 11 is 0. The minimum atomic E-state index is -2.67. The molecule has 3 aliphatic rings. The van der Waals surface area contributed by atoms with Crippen molar-refractivity contribution >= 4 is 5.91 Å². The van der Waals surface area contributed by atoms with E-state index in [0.29, 0.717) is 31.5 Å². The van der Waals surface area contributed by atoms with Crippen molar-refractivity contribution in [2.75, 3.05) is 19.7 Å². The number of rotatable bonds is 2. The van der Waals surface area contributed by atoms with Crippen molar-refractivity contribution in [3.8, 4) is 0 Å². The number of alkyl halides is 2. The van der Waals surface area contributed by atoms with E-state index in [4.69, 9.17) is 9.15 Å². The third-order valence-corrected chi connectivity index (χ3v) is 5.48. The largest absolute Gasteiger partial charge is 0.425 e. The molecule has 0 unspecified atom stereocenters. The van der Waals surface area contributed by atoms with E-state index < -0.39 is 11.8 Å². The summed E-state index contributed by atoms with van der Waals surface area (Å²) in [5.74, 6) is -2.10. The van der Waals surface area contributed by atoms with Gasteiger partial charge in [0, 0.05) is 57.2 Å². The quantitative estimate of drug-likeness (QED) is 0.824. The molecule has 1 aliphatic carbocycles. The minimum absolute atomic E-state index is 0.0582. The van der Waals surface area contributed by atoms with Gasteiger partial charge in [0.2, 0.25) is 23.6 Å². The van der Waals surface area contributed by atoms with Gasteiger partial charge in [-0.15, -0.1) is 10.2 Å². The summed E-state index contributed by atoms with van der Waals surface area (Å²) in [6, 6.07) is 0. The molecule has 1 saturated carbocycles. The van der Waals surface area contributed by atoms with Gasteiger partial charge in [-0.1, -0.05) is 0 Å². The van der Waals surface area contributed by atoms with E-state index in [2.05, 4.69) is 10.2 Å². The third-order valence-electron chi connectivity index (χ3n) is 5.48. The fraction of sp³-hybridized carbons (Fsp3) is 0.812. The number of nitrogens with zero attached hydrogens (tertiary/aromatic N) is 3. The van der Waals surface area contributed by atoms with Crippen molar-refractivity contribution < 1.29 is 22.7 Å². The van der Waals surface area contributed by atoms with Gasteiger partial charge in [-0.3, -0.25) is 4.79 Å². The molecule has 4 rings (SSSR count). The Bertz CT molecular complexity index is 628. The molecule has 0 spiro atoms. The summed E-state index contributed by atoms with van der Waals surface area (Å²) in [5, 5.41) is 8.04. The fourth-order valence-corrected chi connectivity index (χ4v) is 4.18. The van der Waals surface area contributed by atoms with Crippen LogP contribution in [-0.4, -0.2) is 52.7 Å². The number of aromatic nitrogens is 2. The Kier molecular flexibility index (Phi) is 3.82. The van der Waals surface area contributed by atoms with E-state index >= 15 is 0 Å². The summed E-state index contributed by atoms with van der Waals surface area (Å²) in [6.07, 6.45) is 0.913. The highest BCUT2D eigenvalue weighted by Gasteiger charge is 2.51. The monoisotopic (exact) mass is 341 g/mol. The first kappa shape index (κ1) is 15.9. The molecule has 8 heteroatoms. The standard InChI is InChI=1S/C16H21F2N3O3/c1-9-19-20-14(24-9)11-3-5-23-13-2-4-21(8-12(11)13)15(22)10-6-16(17,18)7-10/h10-13H,2-8H2,1H3/t11-,12-,13-/m1/s1. The van der Waals surface area contributed by atoms with Crippen LogP contribution in [0.3, 0.4) is 0 Å². The lowest BCUT2D eigenvalue weighted by molar-refractivity contribution is -0.165. The molecule has 132 valence electrons. The molecule has 3 atom stereocenters. The fourth-order valence-electron chi connectivity index (χ4n) is 4.18. The topological polar surface area (TPSA) is 68.5 Å². The first-order valence-corrected chi connectivity index (χ1v) is 8.51. The zero-order valence-corrected chi connectivity index (χ0v) is 13.6. The summed E-state index contributed by atoms with van der Waals surface area (Å²) in [5.41, 5.74) is 0. The average molecular weight is 341 g/mol. The van der Waals surface area contributed by atoms with E-state index in [0.717, 1.165) is 12.8 Å². The number of aryl methyl sites for hydroxylation is 1. The second kappa shape index (κ2) is 5.75. The minimum Gasteiger partial charge on any atom is -0.425 e. The lowest BCUT2D eigenvalue weighted by Crippen LogP contribution is -2.54. The Morgan fingerprint density at radius 3 is 2.75 bits per heavy atom. The molecule has 24 heavy (non-hydrogen) atoms. The number of carbonyl (C=O) groups excluding carboxylic acids is 1. The molecular weight excluding hydrogens is 320 g/mol. The summed E-state index contributed by atoms with van der Waals surface area (Å²) < 4.78 is 37.6. The van der Waals surface area contributed by atoms with Crippen molar-refractivity contribution in [2.24, 2.45) is 11.8 Å². The van der Waals surface area contributed by atoms with Crippen molar-refractivity contribution in [1.29, 1.82) is 0 Å². The van der Waals surface area contributed by atoms with Crippen LogP contribution in [0.25, 0.3) is 0 Å². The Labute approximate surface area is 138 Å². The lowest BCUT2D eigenvalue weighted by atomic mass is 9.77. The number of hydrogen-bond acceptors (Lipinski definition) is 5. The first-order valence-electron chi connectivity index (χ1n) is 8.51. The van der Waals surface area contributed by atoms with Crippen LogP contribution in [-0.2, 0) is 9.53 Å². The number of ether oxygens (including phenoxy) is 1. The maximum atomic E-state index is 13.1. The van der Waals surface area contributed by atoms with Crippen molar-refractivity contribution in [1.82, 2.24) is 15.1 Å². The zero-order valence-electron chi connectivity index (χ0n) is 13.6. The summed E-state index contributed by atoms with van der Waals surface area (Å²) in [6.45, 7) is 3.46. The number of likely N-dealkylation sites (tertiary alicyclic amines) is 1. The summed E-state index contributed by atoms with van der Waals surface area (Å²) in [4.78, 5) is 14.2. The first-order chi connectivity index (χ1) is 11.4. The van der Waals surface area contributed by atoms with E-state index in [1.807, 2.05) is 0 Å². The Hall–Kier alpha value is -1.57. The molecule has 3 heterocycles. The molecule has 2 saturated heterocycles. The Balaban J connectivity index is 1.47. The molecule has 1 aromatic heterocycles. The molecule has 0 radical (unpaired) electrons. The van der Waals surface area contributed by atoms with Crippen molar-refractivity contribution in [2.45, 2.75) is 50.6 Å². The number of carbonyl (C=O) groups is 1. The van der Waals surface area contributed by atoms with Crippen LogP contribution < -0.4 is 0 Å². The van der Waals surface area contributed by atoms with Gasteiger partial charge >= 0.3 is 0 Å². The van der Waals surface area contributed by atoms with Gasteiger partial charge in [0.25, 0.3) is 0 Å². The van der Waals surface area contributed by atoms with Crippen LogP contribution >= 0.6 is 0 Å². The van der Waals surface area contributed by atoms with Crippen LogP contribution in [0.1, 0.15) is 43.4 Å². The maximum Gasteiger partial charge on any atom is 0.249 e. The van der Waals surface area contributed by atoms with Gasteiger partial charge in [-0.2, -0.15) is 0 Å². The Morgan fingerprint density at radius 1 is 1.29 bits per heavy atom. The smallest absolute Gasteiger partial charge is 0.249 e. The van der Waals surface area contributed by atoms with Crippen LogP contribution in [0.2, 0.25) is 0 Å². The van der Waals surface area contributed by atoms with E-state index in [1.165, 1.54) is 0 Å². The number of fused-ring (bicyclic) bond motifs is 1. The molecule has 2 aliphatic heterocycles. The second-order valence-corrected chi connectivity index (χ2v) is 7.16. The molecule has 0 N–H and O–H groups in total. The number of halogens is 2. The summed E-state index contributed by atoms with van der Waals surface area (Å²) in [7, 11) is 0. The highest BCUT2D eigenvalue weighted by Crippen LogP contribution is 2.45. The predicted molar refractivity (Wildman–Crippen MR) is 78.5 cm³/mol. The molecule has 6 nitrogen and oxygen atoms in total. The van der Waals surface area contributed by atoms with Gasteiger partial charge in [0.15, 0.2) is 0 Å². The highest BCUT2D eigenvalue weighted by molar-refractivity contribution is 5.80. The van der Waals surface area contributed by atoms with Gasteiger partial charge in [0.1, 0.15) is 0 Å². The number of hydrogen-bond donors (Lipinski definition) is 0. The third kappa shape index (κ3) is 2.81. The number of piperidine rings is 1. The predicted octanol–water partition coefficient (Wildman–Crippen LogP) is 2.14. The zero-order chi connectivity index (χ0) is 16.9. The van der Waals surface area contributed by atoms with Crippen molar-refractivity contribution in [3.63, 3.8) is 0 Å². The SMILES string of the molecule is Cc1nnc([C@@H]2CCO[C@@H]3CCN(C(=O)C4CC(F)(F)C4)C[C@@H]32)o1. The van der Waals surface area contributed by atoms with Crippen molar-refractivity contribution in [3.05, 3.63) is 11.8 Å². The van der Waals surface area contributed by atoms with Crippen LogP contribution in [0.5, 0.6) is 0 Å². The molecule has 1 aromatic rings. The molecule has 0 aromatic carbocycles. The molecular formula is C16H21F2N3O3. The van der Waals surface area contributed by atoms with Gasteiger partial charge < -0.3 is 14.1 Å². The molecule has 0 bridgehead atoms. The van der Waals surface area contributed by atoms with Gasteiger partial charge in [0.05, 0.1) is 6.10 Å². The molecule has 1 amide bonds. The Morgan fingerprint density at radius 2 is 2.08 bits per heavy atom. The van der Waals surface area contributed by atoms with Gasteiger partial charge in [-0.05, 0) is 12.8 Å². The number of amides is 1. The van der Waals surface area contributed by atoms with Crippen LogP contribution in [0, 0.1) is 18.8 Å². The second-order valence-electron chi connectivity index (χ2n) is 7.16. The van der Waals surface area contributed by atoms with E-state index in [9.17, 15) is 13.6 Å². The highest BCUT2D eigenvalue weighted by atomic mass is 19.3. The van der Waals surface area contributed by atoms with Crippen LogP contribution in [0.4, 0.5) is 8.78 Å². The maximum absolute atomic E-state index is 13.1. The normalized spacial score (nSPS) is 33.0. The van der Waals surface area contributed by atoms with Crippen LogP contribution in [0.15, 0.2) is 4.42 Å². The van der Waals surface area contributed by atoms with Gasteiger partial charge in [-0.25, -0.2) is 8.78 Å². The van der Waals surface area contributed by atoms with E-state index in [1.54, 1.807) is 11.8 Å². The average Bonchev–Trinajstić information content (AvgIpc) is 2.97. The lowest BCUT2D eigenvalue weighted by Gasteiger charge is -2.46.